The van der Waals surface area contributed by atoms with Crippen LogP contribution in [0.3, 0.4) is 0 Å². The molecule has 148 valence electrons. The number of ether oxygens (including phenoxy) is 1. The lowest BCUT2D eigenvalue weighted by molar-refractivity contribution is -0.135. The van der Waals surface area contributed by atoms with E-state index in [1.54, 1.807) is 0 Å². The Balaban J connectivity index is 1.31. The van der Waals surface area contributed by atoms with Gasteiger partial charge in [-0.1, -0.05) is 42.5 Å². The number of piperidine rings is 1. The van der Waals surface area contributed by atoms with Crippen molar-refractivity contribution in [1.29, 1.82) is 0 Å². The molecule has 28 heavy (non-hydrogen) atoms. The summed E-state index contributed by atoms with van der Waals surface area (Å²) in [6.07, 6.45) is 8.31. The number of amides is 1. The SMILES string of the molecule is CSC1C[C@H]2CC[C@@H](C1)N2C(=O)CCc1cccc(OCc2ccccc2)c1. The summed E-state index contributed by atoms with van der Waals surface area (Å²) in [5, 5.41) is 0.736. The molecule has 3 atom stereocenters. The number of carbonyl (C=O) groups is 1. The van der Waals surface area contributed by atoms with Gasteiger partial charge in [-0.2, -0.15) is 11.8 Å². The number of aryl methyl sites for hydroxylation is 1. The third-order valence-corrected chi connectivity index (χ3v) is 7.14. The van der Waals surface area contributed by atoms with E-state index in [-0.39, 0.29) is 0 Å². The van der Waals surface area contributed by atoms with Crippen molar-refractivity contribution < 1.29 is 9.53 Å². The summed E-state index contributed by atoms with van der Waals surface area (Å²) in [6, 6.07) is 19.3. The smallest absolute Gasteiger partial charge is 0.223 e. The topological polar surface area (TPSA) is 29.5 Å². The van der Waals surface area contributed by atoms with Gasteiger partial charge in [-0.25, -0.2) is 0 Å². The highest BCUT2D eigenvalue weighted by molar-refractivity contribution is 7.99. The maximum atomic E-state index is 12.9. The first kappa shape index (κ1) is 19.4. The molecule has 4 heteroatoms. The van der Waals surface area contributed by atoms with E-state index in [4.69, 9.17) is 4.74 Å². The summed E-state index contributed by atoms with van der Waals surface area (Å²) in [5.74, 6) is 1.21. The van der Waals surface area contributed by atoms with E-state index in [9.17, 15) is 4.79 Å². The van der Waals surface area contributed by atoms with Gasteiger partial charge in [-0.15, -0.1) is 0 Å². The Hall–Kier alpha value is -1.94. The first-order valence-electron chi connectivity index (χ1n) is 10.3. The van der Waals surface area contributed by atoms with Crippen LogP contribution in [0.4, 0.5) is 0 Å². The van der Waals surface area contributed by atoms with Gasteiger partial charge in [-0.3, -0.25) is 4.79 Å². The van der Waals surface area contributed by atoms with Crippen LogP contribution in [-0.2, 0) is 17.8 Å². The van der Waals surface area contributed by atoms with Crippen LogP contribution in [-0.4, -0.2) is 34.4 Å². The van der Waals surface area contributed by atoms with E-state index < -0.39 is 0 Å². The third-order valence-electron chi connectivity index (χ3n) is 6.09. The molecule has 0 N–H and O–H groups in total. The monoisotopic (exact) mass is 395 g/mol. The van der Waals surface area contributed by atoms with Gasteiger partial charge in [0.15, 0.2) is 0 Å². The highest BCUT2D eigenvalue weighted by Gasteiger charge is 2.42. The van der Waals surface area contributed by atoms with Crippen molar-refractivity contribution >= 4 is 17.7 Å². The Morgan fingerprint density at radius 3 is 2.46 bits per heavy atom. The van der Waals surface area contributed by atoms with E-state index in [1.165, 1.54) is 31.2 Å². The number of rotatable bonds is 7. The second-order valence-corrected chi connectivity index (χ2v) is 9.07. The molecule has 0 aromatic heterocycles. The molecule has 0 spiro atoms. The highest BCUT2D eigenvalue weighted by Crippen LogP contribution is 2.39. The summed E-state index contributed by atoms with van der Waals surface area (Å²) in [4.78, 5) is 15.1. The lowest BCUT2D eigenvalue weighted by atomic mass is 10.0. The standard InChI is InChI=1S/C24H29NO2S/c1-28-23-15-20-11-12-21(16-23)25(20)24(26)13-10-18-8-5-9-22(14-18)27-17-19-6-3-2-4-7-19/h2-9,14,20-21,23H,10-13,15-17H2,1H3/t20-,21+,23?. The molecule has 0 aliphatic carbocycles. The van der Waals surface area contributed by atoms with Crippen molar-refractivity contribution in [2.75, 3.05) is 6.26 Å². The van der Waals surface area contributed by atoms with Crippen LogP contribution in [0.5, 0.6) is 5.75 Å². The number of hydrogen-bond donors (Lipinski definition) is 0. The van der Waals surface area contributed by atoms with E-state index in [0.29, 0.717) is 31.0 Å². The highest BCUT2D eigenvalue weighted by atomic mass is 32.2. The van der Waals surface area contributed by atoms with Crippen LogP contribution in [0.2, 0.25) is 0 Å². The molecule has 2 aliphatic rings. The van der Waals surface area contributed by atoms with Crippen LogP contribution in [0.1, 0.15) is 43.2 Å². The van der Waals surface area contributed by atoms with Gasteiger partial charge >= 0.3 is 0 Å². The summed E-state index contributed by atoms with van der Waals surface area (Å²) in [5.41, 5.74) is 2.33. The molecule has 1 amide bonds. The maximum absolute atomic E-state index is 12.9. The van der Waals surface area contributed by atoms with Gasteiger partial charge in [0.05, 0.1) is 0 Å². The Kier molecular flexibility index (Phi) is 6.26. The molecule has 2 aromatic carbocycles. The molecule has 2 aromatic rings. The van der Waals surface area contributed by atoms with Crippen LogP contribution in [0, 0.1) is 0 Å². The molecule has 2 fully saturated rings. The lowest BCUT2D eigenvalue weighted by Crippen LogP contribution is -2.47. The number of benzene rings is 2. The summed E-state index contributed by atoms with van der Waals surface area (Å²) in [7, 11) is 0. The van der Waals surface area contributed by atoms with Crippen molar-refractivity contribution in [2.45, 2.75) is 62.5 Å². The Labute approximate surface area is 172 Å². The number of thioether (sulfide) groups is 1. The Morgan fingerprint density at radius 2 is 1.75 bits per heavy atom. The van der Waals surface area contributed by atoms with E-state index in [0.717, 1.165) is 23.0 Å². The molecule has 2 bridgehead atoms. The minimum absolute atomic E-state index is 0.336. The van der Waals surface area contributed by atoms with Crippen molar-refractivity contribution in [1.82, 2.24) is 4.90 Å². The Morgan fingerprint density at radius 1 is 1.04 bits per heavy atom. The fraction of sp³-hybridized carbons (Fsp3) is 0.458. The zero-order chi connectivity index (χ0) is 19.3. The lowest BCUT2D eigenvalue weighted by Gasteiger charge is -2.38. The van der Waals surface area contributed by atoms with E-state index >= 15 is 0 Å². The van der Waals surface area contributed by atoms with Crippen molar-refractivity contribution in [2.24, 2.45) is 0 Å². The summed E-state index contributed by atoms with van der Waals surface area (Å²) >= 11 is 1.97. The quantitative estimate of drug-likeness (QED) is 0.654. The normalized spacial score (nSPS) is 23.6. The number of fused-ring (bicyclic) bond motifs is 2. The van der Waals surface area contributed by atoms with Gasteiger partial charge in [-0.05, 0) is 61.6 Å². The molecular formula is C24H29NO2S. The van der Waals surface area contributed by atoms with E-state index in [1.807, 2.05) is 42.1 Å². The van der Waals surface area contributed by atoms with Crippen molar-refractivity contribution in [3.63, 3.8) is 0 Å². The van der Waals surface area contributed by atoms with Gasteiger partial charge in [0.1, 0.15) is 12.4 Å². The largest absolute Gasteiger partial charge is 0.489 e. The van der Waals surface area contributed by atoms with E-state index in [2.05, 4.69) is 35.4 Å². The molecular weight excluding hydrogens is 366 g/mol. The average Bonchev–Trinajstić information content (AvgIpc) is 3.01. The molecule has 2 heterocycles. The summed E-state index contributed by atoms with van der Waals surface area (Å²) < 4.78 is 5.93. The van der Waals surface area contributed by atoms with Crippen molar-refractivity contribution in [3.8, 4) is 5.75 Å². The second-order valence-electron chi connectivity index (χ2n) is 7.94. The minimum Gasteiger partial charge on any atom is -0.489 e. The number of nitrogens with zero attached hydrogens (tertiary/aromatic N) is 1. The Bertz CT molecular complexity index is 780. The number of carbonyl (C=O) groups excluding carboxylic acids is 1. The molecule has 1 unspecified atom stereocenters. The minimum atomic E-state index is 0.336. The number of hydrogen-bond acceptors (Lipinski definition) is 3. The predicted octanol–water partition coefficient (Wildman–Crippen LogP) is 5.08. The molecule has 3 nitrogen and oxygen atoms in total. The molecule has 2 aliphatic heterocycles. The molecule has 0 radical (unpaired) electrons. The zero-order valence-corrected chi connectivity index (χ0v) is 17.4. The van der Waals surface area contributed by atoms with Crippen LogP contribution in [0.25, 0.3) is 0 Å². The predicted molar refractivity (Wildman–Crippen MR) is 116 cm³/mol. The zero-order valence-electron chi connectivity index (χ0n) is 16.5. The second kappa shape index (κ2) is 9.04. The van der Waals surface area contributed by atoms with Crippen molar-refractivity contribution in [3.05, 3.63) is 65.7 Å². The maximum Gasteiger partial charge on any atom is 0.223 e. The average molecular weight is 396 g/mol. The molecule has 0 saturated carbocycles. The molecule has 4 rings (SSSR count). The first-order valence-corrected chi connectivity index (χ1v) is 11.6. The fourth-order valence-corrected chi connectivity index (χ4v) is 5.47. The summed E-state index contributed by atoms with van der Waals surface area (Å²) in [6.45, 7) is 0.566. The van der Waals surface area contributed by atoms with Gasteiger partial charge in [0, 0.05) is 23.8 Å². The van der Waals surface area contributed by atoms with Crippen LogP contribution < -0.4 is 4.74 Å². The van der Waals surface area contributed by atoms with Gasteiger partial charge in [0.2, 0.25) is 5.91 Å². The van der Waals surface area contributed by atoms with Crippen LogP contribution >= 0.6 is 11.8 Å². The first-order chi connectivity index (χ1) is 13.7. The molecule has 2 saturated heterocycles. The van der Waals surface area contributed by atoms with Gasteiger partial charge in [0.25, 0.3) is 0 Å². The van der Waals surface area contributed by atoms with Gasteiger partial charge < -0.3 is 9.64 Å². The third kappa shape index (κ3) is 4.54. The fourth-order valence-electron chi connectivity index (χ4n) is 4.64. The van der Waals surface area contributed by atoms with Crippen LogP contribution in [0.15, 0.2) is 54.6 Å².